The summed E-state index contributed by atoms with van der Waals surface area (Å²) >= 11 is 0. The highest BCUT2D eigenvalue weighted by molar-refractivity contribution is 5.72. The second kappa shape index (κ2) is 9.42. The molecule has 4 nitrogen and oxygen atoms in total. The molecule has 21 heavy (non-hydrogen) atoms. The first kappa shape index (κ1) is 18.4. The van der Waals surface area contributed by atoms with Crippen LogP contribution in [0.4, 0.5) is 0 Å². The smallest absolute Gasteiger partial charge is 0.216 e. The number of nitrogens with two attached hydrogens (primary N) is 1. The Kier molecular flexibility index (Phi) is 8.27. The predicted octanol–water partition coefficient (Wildman–Crippen LogP) is 2.38. The zero-order valence-corrected chi connectivity index (χ0v) is 14.3. The van der Waals surface area contributed by atoms with Crippen molar-refractivity contribution >= 4 is 5.91 Å². The lowest BCUT2D eigenvalue weighted by atomic mass is 9.80. The standard InChI is InChI=1S/C17H35N3O/c1-15(21)19-14-17(2,10-11-18)9-5-4-6-16-7-12-20(3)13-8-16/h16H,4-14,18H2,1-3H3,(H,19,21)/t17-/m1/s1. The van der Waals surface area contributed by atoms with Crippen LogP contribution >= 0.6 is 0 Å². The van der Waals surface area contributed by atoms with Crippen LogP contribution in [0.2, 0.25) is 0 Å². The van der Waals surface area contributed by atoms with Crippen molar-refractivity contribution in [3.63, 3.8) is 0 Å². The number of likely N-dealkylation sites (tertiary alicyclic amines) is 1. The van der Waals surface area contributed by atoms with Gasteiger partial charge in [-0.05, 0) is 63.7 Å². The number of carbonyl (C=O) groups is 1. The molecule has 1 atom stereocenters. The summed E-state index contributed by atoms with van der Waals surface area (Å²) in [5.41, 5.74) is 5.90. The van der Waals surface area contributed by atoms with Crippen molar-refractivity contribution < 1.29 is 4.79 Å². The maximum Gasteiger partial charge on any atom is 0.216 e. The van der Waals surface area contributed by atoms with E-state index in [4.69, 9.17) is 5.73 Å². The highest BCUT2D eigenvalue weighted by atomic mass is 16.1. The molecule has 1 fully saturated rings. The van der Waals surface area contributed by atoms with Crippen LogP contribution in [0.15, 0.2) is 0 Å². The molecule has 0 aromatic heterocycles. The van der Waals surface area contributed by atoms with Gasteiger partial charge in [-0.15, -0.1) is 0 Å². The average Bonchev–Trinajstić information content (AvgIpc) is 2.44. The SMILES string of the molecule is CC(=O)NC[C@@](C)(CCN)CCCCC1CCN(C)CC1. The minimum Gasteiger partial charge on any atom is -0.356 e. The highest BCUT2D eigenvalue weighted by Gasteiger charge is 2.23. The molecule has 1 amide bonds. The van der Waals surface area contributed by atoms with Crippen molar-refractivity contribution in [2.45, 2.75) is 58.8 Å². The fraction of sp³-hybridized carbons (Fsp3) is 0.941. The molecule has 124 valence electrons. The normalized spacial score (nSPS) is 20.2. The third-order valence-electron chi connectivity index (χ3n) is 4.99. The zero-order valence-electron chi connectivity index (χ0n) is 14.3. The van der Waals surface area contributed by atoms with Gasteiger partial charge in [-0.1, -0.05) is 26.2 Å². The van der Waals surface area contributed by atoms with E-state index in [1.165, 1.54) is 45.2 Å². The molecule has 1 rings (SSSR count). The van der Waals surface area contributed by atoms with Gasteiger partial charge in [-0.3, -0.25) is 4.79 Å². The first-order chi connectivity index (χ1) is 9.95. The molecule has 0 unspecified atom stereocenters. The predicted molar refractivity (Wildman–Crippen MR) is 89.2 cm³/mol. The molecule has 0 bridgehead atoms. The van der Waals surface area contributed by atoms with E-state index in [-0.39, 0.29) is 11.3 Å². The maximum atomic E-state index is 11.1. The third kappa shape index (κ3) is 7.82. The van der Waals surface area contributed by atoms with Crippen LogP contribution in [-0.4, -0.2) is 44.0 Å². The molecule has 0 spiro atoms. The lowest BCUT2D eigenvalue weighted by Crippen LogP contribution is -2.36. The number of nitrogens with one attached hydrogen (secondary N) is 1. The Morgan fingerprint density at radius 1 is 1.29 bits per heavy atom. The molecule has 0 aliphatic carbocycles. The summed E-state index contributed by atoms with van der Waals surface area (Å²) in [6.45, 7) is 7.82. The van der Waals surface area contributed by atoms with E-state index < -0.39 is 0 Å². The number of rotatable bonds is 9. The summed E-state index contributed by atoms with van der Waals surface area (Å²) < 4.78 is 0. The van der Waals surface area contributed by atoms with Crippen molar-refractivity contribution in [2.24, 2.45) is 17.1 Å². The molecule has 0 radical (unpaired) electrons. The summed E-state index contributed by atoms with van der Waals surface area (Å²) in [5, 5.41) is 2.97. The van der Waals surface area contributed by atoms with Crippen LogP contribution in [0, 0.1) is 11.3 Å². The molecule has 1 heterocycles. The van der Waals surface area contributed by atoms with E-state index in [0.29, 0.717) is 6.54 Å². The van der Waals surface area contributed by atoms with E-state index in [9.17, 15) is 4.79 Å². The molecule has 1 saturated heterocycles. The first-order valence-corrected chi connectivity index (χ1v) is 8.58. The summed E-state index contributed by atoms with van der Waals surface area (Å²) in [4.78, 5) is 13.5. The van der Waals surface area contributed by atoms with Crippen LogP contribution in [0.1, 0.15) is 58.8 Å². The van der Waals surface area contributed by atoms with E-state index in [1.54, 1.807) is 6.92 Å². The number of amides is 1. The number of hydrogen-bond acceptors (Lipinski definition) is 3. The van der Waals surface area contributed by atoms with Gasteiger partial charge in [0.15, 0.2) is 0 Å². The number of nitrogens with zero attached hydrogens (tertiary/aromatic N) is 1. The Bertz CT molecular complexity index is 300. The van der Waals surface area contributed by atoms with Crippen LogP contribution in [-0.2, 0) is 4.79 Å². The van der Waals surface area contributed by atoms with Crippen LogP contribution in [0.3, 0.4) is 0 Å². The van der Waals surface area contributed by atoms with Crippen molar-refractivity contribution in [2.75, 3.05) is 33.2 Å². The number of carbonyl (C=O) groups excluding carboxylic acids is 1. The number of piperidine rings is 1. The largest absolute Gasteiger partial charge is 0.356 e. The maximum absolute atomic E-state index is 11.1. The minimum atomic E-state index is 0.0598. The molecule has 1 aliphatic heterocycles. The minimum absolute atomic E-state index is 0.0598. The second-order valence-electron chi connectivity index (χ2n) is 7.25. The fourth-order valence-electron chi connectivity index (χ4n) is 3.32. The number of hydrogen-bond donors (Lipinski definition) is 2. The van der Waals surface area contributed by atoms with Gasteiger partial charge in [0.05, 0.1) is 0 Å². The van der Waals surface area contributed by atoms with Crippen LogP contribution in [0.25, 0.3) is 0 Å². The Hall–Kier alpha value is -0.610. The molecule has 0 aromatic rings. The van der Waals surface area contributed by atoms with Crippen LogP contribution in [0.5, 0.6) is 0 Å². The fourth-order valence-corrected chi connectivity index (χ4v) is 3.32. The lowest BCUT2D eigenvalue weighted by Gasteiger charge is -2.31. The summed E-state index contributed by atoms with van der Waals surface area (Å²) in [7, 11) is 2.22. The average molecular weight is 297 g/mol. The molecule has 4 heteroatoms. The molecule has 0 aromatic carbocycles. The van der Waals surface area contributed by atoms with Gasteiger partial charge in [0.25, 0.3) is 0 Å². The molecular weight excluding hydrogens is 262 g/mol. The molecule has 0 saturated carbocycles. The van der Waals surface area contributed by atoms with E-state index in [1.807, 2.05) is 0 Å². The Balaban J connectivity index is 2.21. The van der Waals surface area contributed by atoms with Crippen molar-refractivity contribution in [3.05, 3.63) is 0 Å². The summed E-state index contributed by atoms with van der Waals surface area (Å²) in [5.74, 6) is 0.988. The van der Waals surface area contributed by atoms with E-state index in [0.717, 1.165) is 25.3 Å². The first-order valence-electron chi connectivity index (χ1n) is 8.58. The Morgan fingerprint density at radius 2 is 1.95 bits per heavy atom. The van der Waals surface area contributed by atoms with Gasteiger partial charge in [0.2, 0.25) is 5.91 Å². The summed E-state index contributed by atoms with van der Waals surface area (Å²) in [6, 6.07) is 0. The number of unbranched alkanes of at least 4 members (excludes halogenated alkanes) is 1. The summed E-state index contributed by atoms with van der Waals surface area (Å²) in [6.07, 6.45) is 8.81. The van der Waals surface area contributed by atoms with E-state index >= 15 is 0 Å². The highest BCUT2D eigenvalue weighted by Crippen LogP contribution is 2.29. The topological polar surface area (TPSA) is 58.4 Å². The molecule has 3 N–H and O–H groups in total. The third-order valence-corrected chi connectivity index (χ3v) is 4.99. The second-order valence-corrected chi connectivity index (χ2v) is 7.25. The lowest BCUT2D eigenvalue weighted by molar-refractivity contribution is -0.119. The van der Waals surface area contributed by atoms with Crippen molar-refractivity contribution in [1.82, 2.24) is 10.2 Å². The Morgan fingerprint density at radius 3 is 2.52 bits per heavy atom. The molecular formula is C17H35N3O. The van der Waals surface area contributed by atoms with Gasteiger partial charge < -0.3 is 16.0 Å². The van der Waals surface area contributed by atoms with Gasteiger partial charge in [-0.25, -0.2) is 0 Å². The van der Waals surface area contributed by atoms with Gasteiger partial charge in [0.1, 0.15) is 0 Å². The molecule has 1 aliphatic rings. The Labute approximate surface area is 130 Å². The van der Waals surface area contributed by atoms with Crippen molar-refractivity contribution in [1.29, 1.82) is 0 Å². The van der Waals surface area contributed by atoms with Crippen molar-refractivity contribution in [3.8, 4) is 0 Å². The quantitative estimate of drug-likeness (QED) is 0.642. The monoisotopic (exact) mass is 297 g/mol. The van der Waals surface area contributed by atoms with E-state index in [2.05, 4.69) is 24.2 Å². The zero-order chi connectivity index (χ0) is 15.7. The van der Waals surface area contributed by atoms with Crippen LogP contribution < -0.4 is 11.1 Å². The van der Waals surface area contributed by atoms with Gasteiger partial charge >= 0.3 is 0 Å². The van der Waals surface area contributed by atoms with Gasteiger partial charge in [0, 0.05) is 13.5 Å². The van der Waals surface area contributed by atoms with Gasteiger partial charge in [-0.2, -0.15) is 0 Å².